The van der Waals surface area contributed by atoms with E-state index in [2.05, 4.69) is 5.43 Å². The van der Waals surface area contributed by atoms with Gasteiger partial charge in [0.2, 0.25) is 0 Å². The molecule has 0 amide bonds. The largest absolute Gasteiger partial charge is 0.468 e. The molecular formula is C12H20N2O3S. The fraction of sp³-hybridized carbons (Fsp3) is 0.667. The summed E-state index contributed by atoms with van der Waals surface area (Å²) in [6, 6.07) is 3.58. The number of nitrogens with two attached hydrogens (primary N) is 1. The molecule has 0 aliphatic heterocycles. The van der Waals surface area contributed by atoms with E-state index in [-0.39, 0.29) is 17.2 Å². The van der Waals surface area contributed by atoms with Crippen LogP contribution in [-0.2, 0) is 9.84 Å². The summed E-state index contributed by atoms with van der Waals surface area (Å²) in [5.74, 6) is 6.57. The average molecular weight is 272 g/mol. The molecule has 1 heterocycles. The Bertz CT molecular complexity index is 470. The third-order valence-corrected chi connectivity index (χ3v) is 5.41. The molecule has 3 atom stereocenters. The molecule has 1 aliphatic rings. The molecule has 5 nitrogen and oxygen atoms in total. The number of hydrogen-bond acceptors (Lipinski definition) is 5. The second kappa shape index (κ2) is 5.42. The van der Waals surface area contributed by atoms with Gasteiger partial charge in [-0.15, -0.1) is 0 Å². The van der Waals surface area contributed by atoms with Crippen molar-refractivity contribution in [3.63, 3.8) is 0 Å². The molecule has 1 aromatic rings. The van der Waals surface area contributed by atoms with Crippen LogP contribution in [0.5, 0.6) is 0 Å². The molecule has 0 bridgehead atoms. The highest BCUT2D eigenvalue weighted by molar-refractivity contribution is 7.91. The van der Waals surface area contributed by atoms with Crippen molar-refractivity contribution < 1.29 is 12.8 Å². The van der Waals surface area contributed by atoms with Gasteiger partial charge in [0, 0.05) is 6.26 Å². The number of hydrogen-bond donors (Lipinski definition) is 2. The van der Waals surface area contributed by atoms with Crippen molar-refractivity contribution in [3.05, 3.63) is 24.2 Å². The normalized spacial score (nSPS) is 27.0. The highest BCUT2D eigenvalue weighted by atomic mass is 32.2. The summed E-state index contributed by atoms with van der Waals surface area (Å²) in [6.45, 7) is 0. The standard InChI is InChI=1S/C12H20N2O3S/c1-18(15,16)10-5-2-4-9(8-10)12(14-13)11-6-3-7-17-11/h3,6-7,9-10,12,14H,2,4-5,8,13H2,1H3. The molecule has 0 radical (unpaired) electrons. The van der Waals surface area contributed by atoms with Gasteiger partial charge in [-0.1, -0.05) is 6.42 Å². The van der Waals surface area contributed by atoms with Gasteiger partial charge in [0.25, 0.3) is 0 Å². The summed E-state index contributed by atoms with van der Waals surface area (Å²) >= 11 is 0. The lowest BCUT2D eigenvalue weighted by atomic mass is 9.83. The summed E-state index contributed by atoms with van der Waals surface area (Å²) in [6.07, 6.45) is 6.22. The Labute approximate surface area is 108 Å². The summed E-state index contributed by atoms with van der Waals surface area (Å²) < 4.78 is 28.7. The van der Waals surface area contributed by atoms with Crippen LogP contribution in [0.15, 0.2) is 22.8 Å². The van der Waals surface area contributed by atoms with Crippen molar-refractivity contribution in [2.45, 2.75) is 37.0 Å². The number of furan rings is 1. The van der Waals surface area contributed by atoms with Crippen LogP contribution in [0.1, 0.15) is 37.5 Å². The molecule has 2 rings (SSSR count). The summed E-state index contributed by atoms with van der Waals surface area (Å²) in [7, 11) is -2.97. The van der Waals surface area contributed by atoms with Gasteiger partial charge < -0.3 is 4.42 Å². The lowest BCUT2D eigenvalue weighted by Crippen LogP contribution is -2.38. The fourth-order valence-electron chi connectivity index (χ4n) is 2.79. The van der Waals surface area contributed by atoms with Gasteiger partial charge in [0.1, 0.15) is 15.6 Å². The number of hydrazine groups is 1. The third kappa shape index (κ3) is 2.93. The summed E-state index contributed by atoms with van der Waals surface area (Å²) in [5.41, 5.74) is 2.76. The second-order valence-corrected chi connectivity index (χ2v) is 7.36. The molecule has 1 fully saturated rings. The first-order chi connectivity index (χ1) is 8.52. The van der Waals surface area contributed by atoms with Crippen LogP contribution in [0.2, 0.25) is 0 Å². The highest BCUT2D eigenvalue weighted by Crippen LogP contribution is 2.36. The first-order valence-electron chi connectivity index (χ1n) is 6.20. The molecule has 1 saturated carbocycles. The first kappa shape index (κ1) is 13.6. The molecule has 102 valence electrons. The Morgan fingerprint density at radius 1 is 1.50 bits per heavy atom. The Morgan fingerprint density at radius 3 is 2.83 bits per heavy atom. The summed E-state index contributed by atoms with van der Waals surface area (Å²) in [4.78, 5) is 0. The average Bonchev–Trinajstić information content (AvgIpc) is 2.83. The van der Waals surface area contributed by atoms with E-state index in [1.807, 2.05) is 12.1 Å². The van der Waals surface area contributed by atoms with Crippen molar-refractivity contribution >= 4 is 9.84 Å². The molecule has 3 N–H and O–H groups in total. The highest BCUT2D eigenvalue weighted by Gasteiger charge is 2.34. The van der Waals surface area contributed by atoms with Crippen molar-refractivity contribution in [2.24, 2.45) is 11.8 Å². The zero-order valence-corrected chi connectivity index (χ0v) is 11.3. The quantitative estimate of drug-likeness (QED) is 0.639. The van der Waals surface area contributed by atoms with E-state index in [0.717, 1.165) is 25.0 Å². The SMILES string of the molecule is CS(=O)(=O)C1CCCC(C(NN)c2ccco2)C1. The van der Waals surface area contributed by atoms with E-state index in [9.17, 15) is 8.42 Å². The Balaban J connectivity index is 2.12. The van der Waals surface area contributed by atoms with E-state index in [1.165, 1.54) is 6.26 Å². The third-order valence-electron chi connectivity index (χ3n) is 3.77. The van der Waals surface area contributed by atoms with Crippen LogP contribution in [-0.4, -0.2) is 19.9 Å². The molecule has 18 heavy (non-hydrogen) atoms. The fourth-order valence-corrected chi connectivity index (χ4v) is 3.98. The van der Waals surface area contributed by atoms with Gasteiger partial charge in [0.05, 0.1) is 17.6 Å². The molecule has 3 unspecified atom stereocenters. The van der Waals surface area contributed by atoms with Crippen LogP contribution in [0.25, 0.3) is 0 Å². The van der Waals surface area contributed by atoms with Gasteiger partial charge in [-0.3, -0.25) is 5.84 Å². The molecule has 0 saturated heterocycles. The zero-order chi connectivity index (χ0) is 13.2. The minimum atomic E-state index is -2.97. The first-order valence-corrected chi connectivity index (χ1v) is 8.16. The van der Waals surface area contributed by atoms with Crippen LogP contribution < -0.4 is 11.3 Å². The van der Waals surface area contributed by atoms with Gasteiger partial charge in [-0.25, -0.2) is 13.8 Å². The van der Waals surface area contributed by atoms with Gasteiger partial charge in [-0.05, 0) is 37.3 Å². The molecule has 1 aliphatic carbocycles. The van der Waals surface area contributed by atoms with Gasteiger partial charge in [0.15, 0.2) is 0 Å². The maximum absolute atomic E-state index is 11.7. The van der Waals surface area contributed by atoms with E-state index in [1.54, 1.807) is 6.26 Å². The van der Waals surface area contributed by atoms with Crippen LogP contribution in [0.3, 0.4) is 0 Å². The van der Waals surface area contributed by atoms with Gasteiger partial charge >= 0.3 is 0 Å². The minimum Gasteiger partial charge on any atom is -0.468 e. The lowest BCUT2D eigenvalue weighted by Gasteiger charge is -2.32. The maximum Gasteiger partial charge on any atom is 0.150 e. The Hall–Kier alpha value is -0.850. The topological polar surface area (TPSA) is 85.3 Å². The predicted molar refractivity (Wildman–Crippen MR) is 69.4 cm³/mol. The van der Waals surface area contributed by atoms with E-state index in [0.29, 0.717) is 6.42 Å². The number of nitrogens with one attached hydrogen (secondary N) is 1. The lowest BCUT2D eigenvalue weighted by molar-refractivity contribution is 0.247. The smallest absolute Gasteiger partial charge is 0.150 e. The number of rotatable bonds is 4. The monoisotopic (exact) mass is 272 g/mol. The van der Waals surface area contributed by atoms with Crippen LogP contribution in [0.4, 0.5) is 0 Å². The molecule has 6 heteroatoms. The number of sulfone groups is 1. The van der Waals surface area contributed by atoms with Crippen LogP contribution >= 0.6 is 0 Å². The van der Waals surface area contributed by atoms with Crippen molar-refractivity contribution in [2.75, 3.05) is 6.26 Å². The Kier molecular flexibility index (Phi) is 4.09. The molecular weight excluding hydrogens is 252 g/mol. The predicted octanol–water partition coefficient (Wildman–Crippen LogP) is 1.39. The second-order valence-electron chi connectivity index (χ2n) is 5.04. The summed E-state index contributed by atoms with van der Waals surface area (Å²) in [5, 5.41) is -0.248. The Morgan fingerprint density at radius 2 is 2.28 bits per heavy atom. The van der Waals surface area contributed by atoms with E-state index < -0.39 is 9.84 Å². The van der Waals surface area contributed by atoms with E-state index in [4.69, 9.17) is 10.3 Å². The maximum atomic E-state index is 11.7. The van der Waals surface area contributed by atoms with E-state index >= 15 is 0 Å². The molecule has 1 aromatic heterocycles. The molecule has 0 aromatic carbocycles. The van der Waals surface area contributed by atoms with Crippen LogP contribution in [0, 0.1) is 5.92 Å². The minimum absolute atomic E-state index is 0.107. The van der Waals surface area contributed by atoms with Crippen molar-refractivity contribution in [1.82, 2.24) is 5.43 Å². The van der Waals surface area contributed by atoms with Crippen molar-refractivity contribution in [1.29, 1.82) is 0 Å². The molecule has 0 spiro atoms. The van der Waals surface area contributed by atoms with Crippen molar-refractivity contribution in [3.8, 4) is 0 Å². The van der Waals surface area contributed by atoms with Gasteiger partial charge in [-0.2, -0.15) is 0 Å². The zero-order valence-electron chi connectivity index (χ0n) is 10.5.